The van der Waals surface area contributed by atoms with E-state index in [4.69, 9.17) is 9.15 Å². The van der Waals surface area contributed by atoms with Gasteiger partial charge < -0.3 is 9.15 Å². The first-order chi connectivity index (χ1) is 13.5. The van der Waals surface area contributed by atoms with Gasteiger partial charge in [0.15, 0.2) is 11.4 Å². The quantitative estimate of drug-likeness (QED) is 0.384. The summed E-state index contributed by atoms with van der Waals surface area (Å²) in [5, 5.41) is 0. The van der Waals surface area contributed by atoms with Crippen LogP contribution in [0.5, 0.6) is 0 Å². The van der Waals surface area contributed by atoms with E-state index in [9.17, 15) is 9.59 Å². The van der Waals surface area contributed by atoms with Crippen molar-refractivity contribution in [1.29, 1.82) is 0 Å². The second-order valence-corrected chi connectivity index (χ2v) is 7.03. The van der Waals surface area contributed by atoms with E-state index < -0.39 is 11.6 Å². The van der Waals surface area contributed by atoms with E-state index in [0.29, 0.717) is 39.0 Å². The number of hydrogen-bond donors (Lipinski definition) is 0. The lowest BCUT2D eigenvalue weighted by Crippen LogP contribution is -2.41. The van der Waals surface area contributed by atoms with Crippen molar-refractivity contribution in [1.82, 2.24) is 0 Å². The summed E-state index contributed by atoms with van der Waals surface area (Å²) in [6.45, 7) is 5.34. The first-order valence-electron chi connectivity index (χ1n) is 8.97. The van der Waals surface area contributed by atoms with Gasteiger partial charge in [0.25, 0.3) is 0 Å². The topological polar surface area (TPSA) is 56.5 Å². The molecule has 0 N–H and O–H groups in total. The molecule has 0 radical (unpaired) electrons. The van der Waals surface area contributed by atoms with Gasteiger partial charge in [-0.1, -0.05) is 55.1 Å². The van der Waals surface area contributed by atoms with Crippen molar-refractivity contribution < 1.29 is 18.7 Å². The molecule has 0 saturated heterocycles. The highest BCUT2D eigenvalue weighted by molar-refractivity contribution is 6.13. The van der Waals surface area contributed by atoms with Crippen LogP contribution in [0, 0.1) is 0 Å². The van der Waals surface area contributed by atoms with Crippen LogP contribution in [-0.2, 0) is 15.1 Å². The molecule has 1 aliphatic carbocycles. The molecule has 0 atom stereocenters. The van der Waals surface area contributed by atoms with Crippen molar-refractivity contribution in [2.75, 3.05) is 0 Å². The fraction of sp³-hybridized carbons (Fsp3) is 0.0833. The van der Waals surface area contributed by atoms with Gasteiger partial charge in [-0.15, -0.1) is 0 Å². The Morgan fingerprint density at radius 1 is 0.929 bits per heavy atom. The largest absolute Gasteiger partial charge is 0.457 e. The van der Waals surface area contributed by atoms with E-state index >= 15 is 0 Å². The maximum absolute atomic E-state index is 13.2. The number of esters is 1. The molecule has 0 aliphatic heterocycles. The molecule has 0 saturated carbocycles. The molecule has 2 aromatic heterocycles. The lowest BCUT2D eigenvalue weighted by molar-refractivity contribution is -0.148. The van der Waals surface area contributed by atoms with Crippen LogP contribution in [0.15, 0.2) is 83.3 Å². The summed E-state index contributed by atoms with van der Waals surface area (Å²) < 4.78 is 12.0. The minimum absolute atomic E-state index is 0.0916. The van der Waals surface area contributed by atoms with Gasteiger partial charge in [-0.3, -0.25) is 4.79 Å². The van der Waals surface area contributed by atoms with Crippen LogP contribution in [0.4, 0.5) is 0 Å². The number of carbonyl (C=O) groups is 2. The van der Waals surface area contributed by atoms with Crippen LogP contribution in [0.1, 0.15) is 39.5 Å². The Labute approximate surface area is 161 Å². The van der Waals surface area contributed by atoms with E-state index in [1.807, 2.05) is 54.6 Å². The smallest absolute Gasteiger partial charge is 0.334 e. The minimum Gasteiger partial charge on any atom is -0.457 e. The second-order valence-electron chi connectivity index (χ2n) is 7.03. The molecule has 4 aromatic rings. The lowest BCUT2D eigenvalue weighted by Gasteiger charge is -2.39. The molecule has 2 aromatic carbocycles. The van der Waals surface area contributed by atoms with Gasteiger partial charge in [0.05, 0.1) is 5.56 Å². The van der Waals surface area contributed by atoms with Crippen molar-refractivity contribution >= 4 is 22.9 Å². The van der Waals surface area contributed by atoms with Gasteiger partial charge in [-0.2, -0.15) is 0 Å². The van der Waals surface area contributed by atoms with Gasteiger partial charge >= 0.3 is 5.97 Å². The monoisotopic (exact) mass is 368 g/mol. The van der Waals surface area contributed by atoms with Crippen LogP contribution in [0.2, 0.25) is 0 Å². The first-order valence-corrected chi connectivity index (χ1v) is 8.97. The third-order valence-electron chi connectivity index (χ3n) is 5.25. The highest BCUT2D eigenvalue weighted by Gasteiger charge is 2.50. The molecule has 2 heterocycles. The molecular formula is C24H16O4. The zero-order chi connectivity index (χ0) is 19.5. The molecule has 0 spiro atoms. The van der Waals surface area contributed by atoms with Crippen molar-refractivity contribution in [3.63, 3.8) is 0 Å². The first kappa shape index (κ1) is 16.5. The van der Waals surface area contributed by atoms with Crippen LogP contribution < -0.4 is 0 Å². The normalized spacial score (nSPS) is 14.5. The Morgan fingerprint density at radius 3 is 2.04 bits per heavy atom. The summed E-state index contributed by atoms with van der Waals surface area (Å²) in [7, 11) is 0. The summed E-state index contributed by atoms with van der Waals surface area (Å²) in [6, 6.07) is 20.1. The Morgan fingerprint density at radius 2 is 1.54 bits per heavy atom. The van der Waals surface area contributed by atoms with E-state index in [1.165, 1.54) is 0 Å². The summed E-state index contributed by atoms with van der Waals surface area (Å²) in [5.41, 5.74) is 3.25. The average molecular weight is 368 g/mol. The Bertz CT molecular complexity index is 1210. The molecule has 0 amide bonds. The van der Waals surface area contributed by atoms with Gasteiger partial charge in [-0.25, -0.2) is 4.79 Å². The fourth-order valence-electron chi connectivity index (χ4n) is 4.01. The lowest BCUT2D eigenvalue weighted by atomic mass is 9.70. The summed E-state index contributed by atoms with van der Waals surface area (Å²) in [6.07, 6.45) is 0. The van der Waals surface area contributed by atoms with Crippen molar-refractivity contribution in [2.45, 2.75) is 12.5 Å². The van der Waals surface area contributed by atoms with Crippen LogP contribution in [-0.4, -0.2) is 11.8 Å². The Hall–Kier alpha value is -3.66. The molecule has 0 unspecified atom stereocenters. The Balaban J connectivity index is 1.92. The molecule has 136 valence electrons. The van der Waals surface area contributed by atoms with Gasteiger partial charge in [-0.05, 0) is 25.1 Å². The maximum atomic E-state index is 13.2. The van der Waals surface area contributed by atoms with E-state index in [0.717, 1.165) is 0 Å². The average Bonchev–Trinajstić information content (AvgIpc) is 3.35. The fourth-order valence-corrected chi connectivity index (χ4v) is 4.01. The molecule has 4 nitrogen and oxygen atoms in total. The summed E-state index contributed by atoms with van der Waals surface area (Å²) in [4.78, 5) is 25.9. The second kappa shape index (κ2) is 5.67. The number of fused-ring (bicyclic) bond motifs is 4. The number of furan rings is 2. The number of ether oxygens (including phenoxy) is 1. The van der Waals surface area contributed by atoms with Crippen molar-refractivity contribution in [3.05, 3.63) is 107 Å². The predicted molar refractivity (Wildman–Crippen MR) is 105 cm³/mol. The van der Waals surface area contributed by atoms with Gasteiger partial charge in [0, 0.05) is 27.8 Å². The molecule has 28 heavy (non-hydrogen) atoms. The van der Waals surface area contributed by atoms with Gasteiger partial charge in [0.1, 0.15) is 11.2 Å². The van der Waals surface area contributed by atoms with Crippen LogP contribution in [0.25, 0.3) is 11.2 Å². The number of hydrogen-bond acceptors (Lipinski definition) is 4. The highest BCUT2D eigenvalue weighted by Crippen LogP contribution is 2.50. The van der Waals surface area contributed by atoms with Gasteiger partial charge in [0.2, 0.25) is 0 Å². The van der Waals surface area contributed by atoms with Crippen LogP contribution >= 0.6 is 0 Å². The number of rotatable bonds is 3. The highest BCUT2D eigenvalue weighted by atomic mass is 16.6. The zero-order valence-electron chi connectivity index (χ0n) is 15.2. The predicted octanol–water partition coefficient (Wildman–Crippen LogP) is 4.83. The molecule has 4 heteroatoms. The number of ketones is 1. The SMILES string of the molecule is C=C(C)C(=O)OC1(c2cc3ccc2o3)c2ccccc2C(=O)c2ccccc21. The molecule has 0 fully saturated rings. The van der Waals surface area contributed by atoms with Crippen LogP contribution in [0.3, 0.4) is 0 Å². The van der Waals surface area contributed by atoms with E-state index in [2.05, 4.69) is 6.58 Å². The Kier molecular flexibility index (Phi) is 3.34. The molecule has 2 bridgehead atoms. The molecule has 5 rings (SSSR count). The number of carbonyl (C=O) groups excluding carboxylic acids is 2. The summed E-state index contributed by atoms with van der Waals surface area (Å²) in [5.74, 6) is -0.622. The van der Waals surface area contributed by atoms with Crippen molar-refractivity contribution in [3.8, 4) is 0 Å². The number of benzene rings is 3. The maximum Gasteiger partial charge on any atom is 0.334 e. The summed E-state index contributed by atoms with van der Waals surface area (Å²) >= 11 is 0. The van der Waals surface area contributed by atoms with E-state index in [-0.39, 0.29) is 11.4 Å². The molecule has 1 aliphatic rings. The zero-order valence-corrected chi connectivity index (χ0v) is 15.2. The third-order valence-corrected chi connectivity index (χ3v) is 5.25. The van der Waals surface area contributed by atoms with E-state index in [1.54, 1.807) is 19.1 Å². The standard InChI is InChI=1S/C24H16O4/c1-14(2)23(26)28-24(20-13-15-11-12-21(20)27-15)18-9-5-3-7-16(18)22(25)17-8-4-6-10-19(17)24/h3-13H,1H2,2H3. The molecular weight excluding hydrogens is 352 g/mol. The third kappa shape index (κ3) is 2.06. The van der Waals surface area contributed by atoms with Crippen molar-refractivity contribution in [2.24, 2.45) is 0 Å². The minimum atomic E-state index is -1.29.